The average Bonchev–Trinajstić information content (AvgIpc) is 3.21. The molecule has 0 spiro atoms. The normalized spacial score (nSPS) is 12.9. The van der Waals surface area contributed by atoms with Crippen molar-refractivity contribution in [2.75, 3.05) is 13.2 Å². The number of ether oxygens (including phenoxy) is 1. The minimum Gasteiger partial charge on any atom is -0.491 e. The lowest BCUT2D eigenvalue weighted by Crippen LogP contribution is -2.05. The largest absolute Gasteiger partial charge is 0.491 e. The third-order valence-electron chi connectivity index (χ3n) is 5.32. The van der Waals surface area contributed by atoms with E-state index in [-0.39, 0.29) is 19.1 Å². The van der Waals surface area contributed by atoms with Crippen LogP contribution in [-0.4, -0.2) is 28.4 Å². The zero-order valence-corrected chi connectivity index (χ0v) is 19.6. The molecular formula is C25H28F3NO3S. The van der Waals surface area contributed by atoms with Gasteiger partial charge in [0.25, 0.3) is 0 Å². The monoisotopic (exact) mass is 479 g/mol. The third kappa shape index (κ3) is 6.34. The Bertz CT molecular complexity index is 1060. The molecule has 3 aromatic rings. The summed E-state index contributed by atoms with van der Waals surface area (Å²) in [5, 5.41) is 20.4. The molecule has 0 aliphatic heterocycles. The quantitative estimate of drug-likeness (QED) is 0.378. The van der Waals surface area contributed by atoms with Crippen molar-refractivity contribution in [1.82, 2.24) is 4.98 Å². The first-order chi connectivity index (χ1) is 15.6. The minimum absolute atomic E-state index is 0.0865. The van der Waals surface area contributed by atoms with Crippen molar-refractivity contribution in [2.24, 2.45) is 0 Å². The maximum atomic E-state index is 12.9. The van der Waals surface area contributed by atoms with Gasteiger partial charge in [-0.2, -0.15) is 13.2 Å². The van der Waals surface area contributed by atoms with Crippen molar-refractivity contribution in [3.05, 3.63) is 69.7 Å². The van der Waals surface area contributed by atoms with Gasteiger partial charge >= 0.3 is 6.18 Å². The average molecular weight is 480 g/mol. The first-order valence-corrected chi connectivity index (χ1v) is 11.6. The van der Waals surface area contributed by atoms with Crippen molar-refractivity contribution in [3.63, 3.8) is 0 Å². The Morgan fingerprint density at radius 2 is 1.79 bits per heavy atom. The molecule has 1 atom stereocenters. The van der Waals surface area contributed by atoms with Crippen molar-refractivity contribution in [2.45, 2.75) is 51.8 Å². The van der Waals surface area contributed by atoms with Crippen molar-refractivity contribution >= 4 is 11.3 Å². The molecule has 33 heavy (non-hydrogen) atoms. The Balaban J connectivity index is 1.76. The van der Waals surface area contributed by atoms with Gasteiger partial charge in [-0.1, -0.05) is 38.1 Å². The van der Waals surface area contributed by atoms with Crippen LogP contribution in [0, 0.1) is 6.92 Å². The molecule has 1 aromatic heterocycles. The summed E-state index contributed by atoms with van der Waals surface area (Å²) in [5.74, 6) is 0.778. The summed E-state index contributed by atoms with van der Waals surface area (Å²) in [4.78, 5) is 5.71. The molecule has 2 N–H and O–H groups in total. The molecule has 1 unspecified atom stereocenters. The Morgan fingerprint density at radius 1 is 1.09 bits per heavy atom. The highest BCUT2D eigenvalue weighted by molar-refractivity contribution is 7.15. The van der Waals surface area contributed by atoms with Crippen molar-refractivity contribution in [1.29, 1.82) is 0 Å². The molecular weight excluding hydrogens is 451 g/mol. The van der Waals surface area contributed by atoms with E-state index >= 15 is 0 Å². The summed E-state index contributed by atoms with van der Waals surface area (Å²) in [6.07, 6.45) is -4.02. The number of aromatic nitrogens is 1. The second-order valence-corrected chi connectivity index (χ2v) is 9.29. The van der Waals surface area contributed by atoms with E-state index in [0.29, 0.717) is 29.2 Å². The summed E-state index contributed by atoms with van der Waals surface area (Å²) in [6.45, 7) is 6.05. The Morgan fingerprint density at radius 3 is 2.39 bits per heavy atom. The molecule has 0 fully saturated rings. The first kappa shape index (κ1) is 25.2. The number of aliphatic hydroxyl groups excluding tert-OH is 2. The van der Waals surface area contributed by atoms with Gasteiger partial charge in [-0.15, -0.1) is 11.3 Å². The molecule has 8 heteroatoms. The minimum atomic E-state index is -4.37. The maximum Gasteiger partial charge on any atom is 0.416 e. The number of benzene rings is 2. The van der Waals surface area contributed by atoms with Crippen molar-refractivity contribution in [3.8, 4) is 16.3 Å². The van der Waals surface area contributed by atoms with E-state index in [1.54, 1.807) is 6.07 Å². The second-order valence-electron chi connectivity index (χ2n) is 8.21. The lowest BCUT2D eigenvalue weighted by Gasteiger charge is -2.15. The predicted octanol–water partition coefficient (Wildman–Crippen LogP) is 6.30. The summed E-state index contributed by atoms with van der Waals surface area (Å²) in [5.41, 5.74) is 2.51. The highest BCUT2D eigenvalue weighted by atomic mass is 32.1. The number of aliphatic hydroxyl groups is 2. The van der Waals surface area contributed by atoms with E-state index in [1.165, 1.54) is 23.5 Å². The Kier molecular flexibility index (Phi) is 8.15. The number of alkyl halides is 3. The predicted molar refractivity (Wildman–Crippen MR) is 124 cm³/mol. The van der Waals surface area contributed by atoms with Gasteiger partial charge in [0.2, 0.25) is 0 Å². The molecule has 178 valence electrons. The fourth-order valence-electron chi connectivity index (χ4n) is 3.49. The third-order valence-corrected chi connectivity index (χ3v) is 6.50. The van der Waals surface area contributed by atoms with Gasteiger partial charge in [0.05, 0.1) is 24.0 Å². The van der Waals surface area contributed by atoms with Gasteiger partial charge in [-0.05, 0) is 55.0 Å². The van der Waals surface area contributed by atoms with Crippen LogP contribution in [0.5, 0.6) is 5.75 Å². The number of nitrogens with zero attached hydrogens (tertiary/aromatic N) is 1. The van der Waals surface area contributed by atoms with Crippen LogP contribution in [0.2, 0.25) is 0 Å². The van der Waals surface area contributed by atoms with E-state index in [2.05, 4.69) is 0 Å². The zero-order chi connectivity index (χ0) is 24.2. The highest BCUT2D eigenvalue weighted by Crippen LogP contribution is 2.36. The number of halogens is 3. The molecule has 0 radical (unpaired) electrons. The van der Waals surface area contributed by atoms with Crippen LogP contribution in [0.1, 0.15) is 59.6 Å². The molecule has 4 nitrogen and oxygen atoms in total. The summed E-state index contributed by atoms with van der Waals surface area (Å²) >= 11 is 1.45. The van der Waals surface area contributed by atoms with Gasteiger partial charge in [0, 0.05) is 10.4 Å². The van der Waals surface area contributed by atoms with E-state index in [1.807, 2.05) is 32.9 Å². The summed E-state index contributed by atoms with van der Waals surface area (Å²) < 4.78 is 44.1. The van der Waals surface area contributed by atoms with E-state index < -0.39 is 17.8 Å². The van der Waals surface area contributed by atoms with Crippen LogP contribution in [0.15, 0.2) is 42.5 Å². The topological polar surface area (TPSA) is 62.6 Å². The van der Waals surface area contributed by atoms with E-state index in [9.17, 15) is 18.3 Å². The van der Waals surface area contributed by atoms with E-state index in [4.69, 9.17) is 14.8 Å². The molecule has 0 bridgehead atoms. The van der Waals surface area contributed by atoms with Gasteiger partial charge in [-0.3, -0.25) is 0 Å². The van der Waals surface area contributed by atoms with Gasteiger partial charge < -0.3 is 14.9 Å². The summed E-state index contributed by atoms with van der Waals surface area (Å²) in [6, 6.07) is 10.6. The fourth-order valence-corrected chi connectivity index (χ4v) is 4.73. The Hall–Kier alpha value is -2.42. The van der Waals surface area contributed by atoms with Crippen LogP contribution in [0.25, 0.3) is 10.6 Å². The lowest BCUT2D eigenvalue weighted by atomic mass is 10.0. The van der Waals surface area contributed by atoms with Crippen LogP contribution < -0.4 is 4.74 Å². The molecule has 0 aliphatic carbocycles. The molecule has 2 aromatic carbocycles. The SMILES string of the molecule is Cc1ccc(C(O)CCc2sc(-c3ccc(C(F)(F)F)cc3)nc2C(C)C)cc1OCCO. The second kappa shape index (κ2) is 10.7. The Labute approximate surface area is 195 Å². The standard InChI is InChI=1S/C25H28F3NO3S/c1-15(2)23-22(33-24(29-23)17-6-8-19(9-7-17)25(26,27)28)11-10-20(31)18-5-4-16(3)21(14-18)32-13-12-30/h4-9,14-15,20,30-31H,10-13H2,1-3H3. The maximum absolute atomic E-state index is 12.9. The van der Waals surface area contributed by atoms with Gasteiger partial charge in [0.15, 0.2) is 0 Å². The van der Waals surface area contributed by atoms with Crippen LogP contribution in [-0.2, 0) is 12.6 Å². The van der Waals surface area contributed by atoms with E-state index in [0.717, 1.165) is 33.8 Å². The molecule has 0 aliphatic rings. The molecule has 1 heterocycles. The molecule has 3 rings (SSSR count). The van der Waals surface area contributed by atoms with Crippen LogP contribution in [0.4, 0.5) is 13.2 Å². The number of rotatable bonds is 9. The summed E-state index contributed by atoms with van der Waals surface area (Å²) in [7, 11) is 0. The van der Waals surface area contributed by atoms with Crippen molar-refractivity contribution < 1.29 is 28.1 Å². The fraction of sp³-hybridized carbons (Fsp3) is 0.400. The number of hydrogen-bond acceptors (Lipinski definition) is 5. The number of thiazole rings is 1. The number of hydrogen-bond donors (Lipinski definition) is 2. The van der Waals surface area contributed by atoms with Crippen LogP contribution >= 0.6 is 11.3 Å². The smallest absolute Gasteiger partial charge is 0.416 e. The molecule has 0 saturated heterocycles. The lowest BCUT2D eigenvalue weighted by molar-refractivity contribution is -0.137. The highest BCUT2D eigenvalue weighted by Gasteiger charge is 2.30. The number of aryl methyl sites for hydroxylation is 2. The molecule has 0 amide bonds. The molecule has 0 saturated carbocycles. The first-order valence-electron chi connectivity index (χ1n) is 10.8. The van der Waals surface area contributed by atoms with Gasteiger partial charge in [0.1, 0.15) is 17.4 Å². The van der Waals surface area contributed by atoms with Crippen LogP contribution in [0.3, 0.4) is 0 Å². The van der Waals surface area contributed by atoms with Gasteiger partial charge in [-0.25, -0.2) is 4.98 Å². The zero-order valence-electron chi connectivity index (χ0n) is 18.8.